The molecule has 0 aliphatic carbocycles. The predicted octanol–water partition coefficient (Wildman–Crippen LogP) is 1.97. The van der Waals surface area contributed by atoms with Crippen molar-refractivity contribution in [1.29, 1.82) is 0 Å². The van der Waals surface area contributed by atoms with Gasteiger partial charge in [0.15, 0.2) is 0 Å². The Morgan fingerprint density at radius 2 is 2.17 bits per heavy atom. The molecule has 0 radical (unpaired) electrons. The molecule has 1 aromatic carbocycles. The molecule has 5 heteroatoms. The van der Waals surface area contributed by atoms with Gasteiger partial charge in [0.2, 0.25) is 5.91 Å². The van der Waals surface area contributed by atoms with Crippen molar-refractivity contribution in [2.45, 2.75) is 13.0 Å². The maximum Gasteiger partial charge on any atom is 0.248 e. The van der Waals surface area contributed by atoms with Crippen molar-refractivity contribution in [2.75, 3.05) is 26.3 Å². The van der Waals surface area contributed by atoms with Gasteiger partial charge in [0, 0.05) is 6.61 Å². The van der Waals surface area contributed by atoms with E-state index in [-0.39, 0.29) is 18.6 Å². The number of hydrogen-bond acceptors (Lipinski definition) is 3. The molecule has 18 heavy (non-hydrogen) atoms. The summed E-state index contributed by atoms with van der Waals surface area (Å²) in [6, 6.07) is 7.34. The lowest BCUT2D eigenvalue weighted by Crippen LogP contribution is -2.57. The first kappa shape index (κ1) is 13.2. The Bertz CT molecular complexity index is 418. The Hall–Kier alpha value is -1.26. The summed E-state index contributed by atoms with van der Waals surface area (Å²) in [5.74, 6) is 0.678. The highest BCUT2D eigenvalue weighted by atomic mass is 35.5. The second-order valence-electron chi connectivity index (χ2n) is 4.11. The number of para-hydroxylation sites is 1. The first-order valence-electron chi connectivity index (χ1n) is 5.97. The number of ether oxygens (including phenoxy) is 2. The second kappa shape index (κ2) is 6.07. The molecule has 2 rings (SSSR count). The smallest absolute Gasteiger partial charge is 0.248 e. The van der Waals surface area contributed by atoms with Crippen LogP contribution in [-0.2, 0) is 9.53 Å². The summed E-state index contributed by atoms with van der Waals surface area (Å²) in [6.45, 7) is 3.76. The zero-order valence-electron chi connectivity index (χ0n) is 10.3. The summed E-state index contributed by atoms with van der Waals surface area (Å²) >= 11 is 5.99. The third-order valence-corrected chi connectivity index (χ3v) is 3.07. The van der Waals surface area contributed by atoms with Crippen LogP contribution >= 0.6 is 11.6 Å². The van der Waals surface area contributed by atoms with Crippen molar-refractivity contribution >= 4 is 17.5 Å². The highest BCUT2D eigenvalue weighted by Crippen LogP contribution is 2.26. The molecule has 0 atom stereocenters. The minimum Gasteiger partial charge on any atom is -0.485 e. The molecule has 4 nitrogen and oxygen atoms in total. The van der Waals surface area contributed by atoms with Gasteiger partial charge in [-0.05, 0) is 19.1 Å². The van der Waals surface area contributed by atoms with Gasteiger partial charge in [-0.3, -0.25) is 4.79 Å². The van der Waals surface area contributed by atoms with E-state index in [4.69, 9.17) is 21.1 Å². The van der Waals surface area contributed by atoms with E-state index >= 15 is 0 Å². The number of likely N-dealkylation sites (tertiary alicyclic amines) is 1. The summed E-state index contributed by atoms with van der Waals surface area (Å²) in [7, 11) is 0. The summed E-state index contributed by atoms with van der Waals surface area (Å²) in [5, 5.41) is 0.594. The van der Waals surface area contributed by atoms with Crippen molar-refractivity contribution in [3.05, 3.63) is 29.3 Å². The standard InChI is InChI=1S/C13H16ClNO3/c1-2-17-9-13(16)15-7-10(8-15)18-12-6-4-3-5-11(12)14/h3-6,10H,2,7-9H2,1H3. The summed E-state index contributed by atoms with van der Waals surface area (Å²) in [5.41, 5.74) is 0. The van der Waals surface area contributed by atoms with Crippen LogP contribution in [0.4, 0.5) is 0 Å². The maximum absolute atomic E-state index is 11.6. The third-order valence-electron chi connectivity index (χ3n) is 2.76. The quantitative estimate of drug-likeness (QED) is 0.820. The van der Waals surface area contributed by atoms with Crippen molar-refractivity contribution in [1.82, 2.24) is 4.90 Å². The lowest BCUT2D eigenvalue weighted by Gasteiger charge is -2.39. The molecule has 1 saturated heterocycles. The van der Waals surface area contributed by atoms with E-state index in [0.717, 1.165) is 0 Å². The molecule has 0 unspecified atom stereocenters. The molecule has 1 fully saturated rings. The zero-order valence-corrected chi connectivity index (χ0v) is 11.0. The van der Waals surface area contributed by atoms with E-state index in [9.17, 15) is 4.79 Å². The molecule has 1 heterocycles. The van der Waals surface area contributed by atoms with Gasteiger partial charge in [-0.25, -0.2) is 0 Å². The SMILES string of the molecule is CCOCC(=O)N1CC(Oc2ccccc2Cl)C1. The predicted molar refractivity (Wildman–Crippen MR) is 68.9 cm³/mol. The normalized spacial score (nSPS) is 15.3. The van der Waals surface area contributed by atoms with Crippen LogP contribution in [0, 0.1) is 0 Å². The summed E-state index contributed by atoms with van der Waals surface area (Å²) in [6.07, 6.45) is 0.0236. The molecule has 1 aliphatic heterocycles. The number of amides is 1. The number of hydrogen-bond donors (Lipinski definition) is 0. The highest BCUT2D eigenvalue weighted by molar-refractivity contribution is 6.32. The molecular formula is C13H16ClNO3. The van der Waals surface area contributed by atoms with Gasteiger partial charge in [-0.1, -0.05) is 23.7 Å². The molecule has 0 saturated carbocycles. The van der Waals surface area contributed by atoms with Crippen molar-refractivity contribution in [3.8, 4) is 5.75 Å². The minimum atomic E-state index is 0.0101. The van der Waals surface area contributed by atoms with E-state index in [1.54, 1.807) is 11.0 Å². The van der Waals surface area contributed by atoms with Crippen LogP contribution in [0.5, 0.6) is 5.75 Å². The van der Waals surface area contributed by atoms with E-state index in [2.05, 4.69) is 0 Å². The van der Waals surface area contributed by atoms with Crippen molar-refractivity contribution < 1.29 is 14.3 Å². The average molecular weight is 270 g/mol. The van der Waals surface area contributed by atoms with Crippen LogP contribution in [-0.4, -0.2) is 43.2 Å². The zero-order chi connectivity index (χ0) is 13.0. The summed E-state index contributed by atoms with van der Waals surface area (Å²) in [4.78, 5) is 13.3. The number of carbonyl (C=O) groups is 1. The number of halogens is 1. The molecule has 0 aromatic heterocycles. The van der Waals surface area contributed by atoms with Gasteiger partial charge in [-0.2, -0.15) is 0 Å². The topological polar surface area (TPSA) is 38.8 Å². The lowest BCUT2D eigenvalue weighted by atomic mass is 10.1. The Morgan fingerprint density at radius 3 is 2.83 bits per heavy atom. The molecule has 0 N–H and O–H groups in total. The first-order chi connectivity index (χ1) is 8.70. The van der Waals surface area contributed by atoms with E-state index < -0.39 is 0 Å². The van der Waals surface area contributed by atoms with Gasteiger partial charge in [-0.15, -0.1) is 0 Å². The van der Waals surface area contributed by atoms with Crippen LogP contribution in [0.25, 0.3) is 0 Å². The third kappa shape index (κ3) is 3.15. The van der Waals surface area contributed by atoms with Crippen LogP contribution < -0.4 is 4.74 Å². The Balaban J connectivity index is 1.76. The van der Waals surface area contributed by atoms with Gasteiger partial charge in [0.1, 0.15) is 18.5 Å². The van der Waals surface area contributed by atoms with Crippen LogP contribution in [0.3, 0.4) is 0 Å². The van der Waals surface area contributed by atoms with Crippen molar-refractivity contribution in [2.24, 2.45) is 0 Å². The second-order valence-corrected chi connectivity index (χ2v) is 4.51. The first-order valence-corrected chi connectivity index (χ1v) is 6.35. The number of benzene rings is 1. The molecule has 1 aliphatic rings. The van der Waals surface area contributed by atoms with E-state index in [0.29, 0.717) is 30.5 Å². The van der Waals surface area contributed by atoms with Gasteiger partial charge < -0.3 is 14.4 Å². The van der Waals surface area contributed by atoms with E-state index in [1.165, 1.54) is 0 Å². The van der Waals surface area contributed by atoms with Crippen LogP contribution in [0.15, 0.2) is 24.3 Å². The fraction of sp³-hybridized carbons (Fsp3) is 0.462. The summed E-state index contributed by atoms with van der Waals surface area (Å²) < 4.78 is 10.8. The number of rotatable bonds is 5. The Kier molecular flexibility index (Phi) is 4.44. The molecule has 98 valence electrons. The van der Waals surface area contributed by atoms with Crippen LogP contribution in [0.1, 0.15) is 6.92 Å². The molecule has 1 aromatic rings. The Labute approximate surface area is 111 Å². The minimum absolute atomic E-state index is 0.0101. The fourth-order valence-corrected chi connectivity index (χ4v) is 1.90. The lowest BCUT2D eigenvalue weighted by molar-refractivity contribution is -0.144. The molecule has 1 amide bonds. The number of carbonyl (C=O) groups excluding carboxylic acids is 1. The molecular weight excluding hydrogens is 254 g/mol. The largest absolute Gasteiger partial charge is 0.485 e. The molecule has 0 spiro atoms. The van der Waals surface area contributed by atoms with Gasteiger partial charge in [0.25, 0.3) is 0 Å². The monoisotopic (exact) mass is 269 g/mol. The van der Waals surface area contributed by atoms with Gasteiger partial charge in [0.05, 0.1) is 18.1 Å². The Morgan fingerprint density at radius 1 is 1.44 bits per heavy atom. The highest BCUT2D eigenvalue weighted by Gasteiger charge is 2.32. The molecule has 0 bridgehead atoms. The average Bonchev–Trinajstić information content (AvgIpc) is 2.32. The van der Waals surface area contributed by atoms with Gasteiger partial charge >= 0.3 is 0 Å². The fourth-order valence-electron chi connectivity index (χ4n) is 1.72. The maximum atomic E-state index is 11.6. The number of nitrogens with zero attached hydrogens (tertiary/aromatic N) is 1. The van der Waals surface area contributed by atoms with Crippen LogP contribution in [0.2, 0.25) is 5.02 Å². The van der Waals surface area contributed by atoms with E-state index in [1.807, 2.05) is 25.1 Å². The van der Waals surface area contributed by atoms with Crippen molar-refractivity contribution in [3.63, 3.8) is 0 Å².